The van der Waals surface area contributed by atoms with Crippen LogP contribution in [0, 0.1) is 17.8 Å². The molecule has 0 atom stereocenters. The van der Waals surface area contributed by atoms with Crippen LogP contribution in [0.1, 0.15) is 48.7 Å². The van der Waals surface area contributed by atoms with Crippen LogP contribution in [0.3, 0.4) is 0 Å². The number of aromatic nitrogens is 1. The summed E-state index contributed by atoms with van der Waals surface area (Å²) < 4.78 is 0. The number of hydrogen-bond acceptors (Lipinski definition) is 3. The summed E-state index contributed by atoms with van der Waals surface area (Å²) >= 11 is 0. The van der Waals surface area contributed by atoms with Gasteiger partial charge in [-0.25, -0.2) is 4.98 Å². The Hall–Kier alpha value is -1.86. The topological polar surface area (TPSA) is 62.2 Å². The lowest BCUT2D eigenvalue weighted by Gasteiger charge is -2.26. The first kappa shape index (κ1) is 14.5. The minimum atomic E-state index is -0.226. The number of carbonyl (C=O) groups is 1. The summed E-state index contributed by atoms with van der Waals surface area (Å²) in [5.74, 6) is 5.90. The van der Waals surface area contributed by atoms with E-state index in [0.717, 1.165) is 31.6 Å². The van der Waals surface area contributed by atoms with Gasteiger partial charge in [-0.1, -0.05) is 18.8 Å². The molecule has 0 spiro atoms. The Balaban J connectivity index is 2.05. The molecule has 1 fully saturated rings. The van der Waals surface area contributed by atoms with Crippen molar-refractivity contribution in [3.8, 4) is 11.8 Å². The maximum absolute atomic E-state index is 12.3. The van der Waals surface area contributed by atoms with Crippen molar-refractivity contribution >= 4 is 5.91 Å². The van der Waals surface area contributed by atoms with Crippen LogP contribution in [0.15, 0.2) is 18.3 Å². The summed E-state index contributed by atoms with van der Waals surface area (Å²) in [6.45, 7) is 2.02. The fourth-order valence-electron chi connectivity index (χ4n) is 2.48. The highest BCUT2D eigenvalue weighted by atomic mass is 16.2. The number of rotatable bonds is 2. The van der Waals surface area contributed by atoms with Crippen molar-refractivity contribution in [1.29, 1.82) is 0 Å². The molecule has 1 aromatic heterocycles. The first-order chi connectivity index (χ1) is 9.70. The van der Waals surface area contributed by atoms with E-state index in [1.54, 1.807) is 18.3 Å². The second-order valence-corrected chi connectivity index (χ2v) is 5.29. The molecule has 1 saturated carbocycles. The lowest BCUT2D eigenvalue weighted by molar-refractivity contribution is 0.0917. The third kappa shape index (κ3) is 3.82. The van der Waals surface area contributed by atoms with Crippen LogP contribution in [0.5, 0.6) is 0 Å². The molecule has 106 valence electrons. The number of nitrogens with one attached hydrogen (secondary N) is 1. The molecule has 4 nitrogen and oxygen atoms in total. The molecule has 0 bridgehead atoms. The fraction of sp³-hybridized carbons (Fsp3) is 0.500. The van der Waals surface area contributed by atoms with Gasteiger partial charge in [0.25, 0.3) is 5.91 Å². The molecule has 1 aliphatic rings. The van der Waals surface area contributed by atoms with Crippen molar-refractivity contribution in [2.24, 2.45) is 5.92 Å². The lowest BCUT2D eigenvalue weighted by Crippen LogP contribution is -2.38. The summed E-state index contributed by atoms with van der Waals surface area (Å²) in [6, 6.07) is 3.72. The molecule has 1 aliphatic carbocycles. The molecule has 2 rings (SSSR count). The van der Waals surface area contributed by atoms with Gasteiger partial charge in [0.15, 0.2) is 0 Å². The predicted octanol–water partition coefficient (Wildman–Crippen LogP) is 1.73. The molecular weight excluding hydrogens is 252 g/mol. The highest BCUT2D eigenvalue weighted by molar-refractivity contribution is 5.94. The second kappa shape index (κ2) is 7.06. The number of amides is 1. The minimum Gasteiger partial charge on any atom is -0.384 e. The molecular formula is C16H20N2O2. The van der Waals surface area contributed by atoms with Crippen LogP contribution in [0.25, 0.3) is 0 Å². The van der Waals surface area contributed by atoms with E-state index in [1.165, 1.54) is 0 Å². The van der Waals surface area contributed by atoms with Crippen molar-refractivity contribution in [1.82, 2.24) is 10.3 Å². The largest absolute Gasteiger partial charge is 0.384 e. The Bertz CT molecular complexity index is 523. The zero-order valence-electron chi connectivity index (χ0n) is 11.7. The van der Waals surface area contributed by atoms with E-state index in [9.17, 15) is 4.79 Å². The second-order valence-electron chi connectivity index (χ2n) is 5.29. The first-order valence-corrected chi connectivity index (χ1v) is 7.06. The monoisotopic (exact) mass is 272 g/mol. The molecule has 2 N–H and O–H groups in total. The normalized spacial score (nSPS) is 21.7. The summed E-state index contributed by atoms with van der Waals surface area (Å²) in [4.78, 5) is 16.4. The van der Waals surface area contributed by atoms with Gasteiger partial charge < -0.3 is 10.4 Å². The zero-order valence-corrected chi connectivity index (χ0v) is 11.7. The molecule has 0 saturated heterocycles. The van der Waals surface area contributed by atoms with Crippen molar-refractivity contribution in [2.45, 2.75) is 38.6 Å². The summed E-state index contributed by atoms with van der Waals surface area (Å²) in [5.41, 5.74) is 0.898. The molecule has 0 unspecified atom stereocenters. The number of aliphatic hydroxyl groups is 1. The number of hydrogen-bond donors (Lipinski definition) is 2. The molecule has 0 radical (unpaired) electrons. The van der Waals surface area contributed by atoms with Crippen LogP contribution in [-0.2, 0) is 0 Å². The third-order valence-electron chi connectivity index (χ3n) is 3.68. The maximum atomic E-state index is 12.3. The highest BCUT2D eigenvalue weighted by Gasteiger charge is 2.21. The summed E-state index contributed by atoms with van der Waals surface area (Å²) in [6.07, 6.45) is 5.95. The molecule has 4 heteroatoms. The SMILES string of the molecule is CC1CCC(NC(=O)c2ncccc2C#CCO)CC1. The summed E-state index contributed by atoms with van der Waals surface area (Å²) in [7, 11) is 0. The number of carbonyl (C=O) groups excluding carboxylic acids is 1. The van der Waals surface area contributed by atoms with Crippen LogP contribution in [0.4, 0.5) is 0 Å². The lowest BCUT2D eigenvalue weighted by atomic mass is 9.87. The smallest absolute Gasteiger partial charge is 0.271 e. The van der Waals surface area contributed by atoms with Crippen LogP contribution < -0.4 is 5.32 Å². The average Bonchev–Trinajstić information content (AvgIpc) is 2.47. The number of aliphatic hydroxyl groups excluding tert-OH is 1. The van der Waals surface area contributed by atoms with Gasteiger partial charge in [0.05, 0.1) is 5.56 Å². The van der Waals surface area contributed by atoms with Gasteiger partial charge in [-0.15, -0.1) is 0 Å². The van der Waals surface area contributed by atoms with Gasteiger partial charge in [-0.05, 0) is 43.7 Å². The van der Waals surface area contributed by atoms with Gasteiger partial charge in [0, 0.05) is 12.2 Å². The van der Waals surface area contributed by atoms with E-state index < -0.39 is 0 Å². The highest BCUT2D eigenvalue weighted by Crippen LogP contribution is 2.23. The Morgan fingerprint density at radius 1 is 1.45 bits per heavy atom. The van der Waals surface area contributed by atoms with E-state index in [1.807, 2.05) is 0 Å². The predicted molar refractivity (Wildman–Crippen MR) is 77.1 cm³/mol. The third-order valence-corrected chi connectivity index (χ3v) is 3.68. The van der Waals surface area contributed by atoms with E-state index in [0.29, 0.717) is 11.3 Å². The Labute approximate surface area is 119 Å². The fourth-order valence-corrected chi connectivity index (χ4v) is 2.48. The zero-order chi connectivity index (χ0) is 14.4. The van der Waals surface area contributed by atoms with E-state index in [2.05, 4.69) is 29.1 Å². The molecule has 1 aromatic rings. The quantitative estimate of drug-likeness (QED) is 0.806. The molecule has 0 aromatic carbocycles. The van der Waals surface area contributed by atoms with E-state index in [4.69, 9.17) is 5.11 Å². The van der Waals surface area contributed by atoms with Crippen molar-refractivity contribution in [3.63, 3.8) is 0 Å². The van der Waals surface area contributed by atoms with E-state index in [-0.39, 0.29) is 18.6 Å². The van der Waals surface area contributed by atoms with Gasteiger partial charge in [0.2, 0.25) is 0 Å². The maximum Gasteiger partial charge on any atom is 0.271 e. The van der Waals surface area contributed by atoms with Crippen molar-refractivity contribution in [2.75, 3.05) is 6.61 Å². The van der Waals surface area contributed by atoms with Gasteiger partial charge in [0.1, 0.15) is 12.3 Å². The van der Waals surface area contributed by atoms with Crippen LogP contribution in [-0.4, -0.2) is 28.6 Å². The molecule has 20 heavy (non-hydrogen) atoms. The van der Waals surface area contributed by atoms with Crippen LogP contribution in [0.2, 0.25) is 0 Å². The Morgan fingerprint density at radius 3 is 2.90 bits per heavy atom. The standard InChI is InChI=1S/C16H20N2O2/c1-12-6-8-14(9-7-12)18-16(20)15-13(5-3-11-19)4-2-10-17-15/h2,4,10,12,14,19H,6-9,11H2,1H3,(H,18,20). The van der Waals surface area contributed by atoms with Crippen LogP contribution >= 0.6 is 0 Å². The van der Waals surface area contributed by atoms with Gasteiger partial charge in [-0.2, -0.15) is 0 Å². The van der Waals surface area contributed by atoms with E-state index >= 15 is 0 Å². The van der Waals surface area contributed by atoms with Gasteiger partial charge >= 0.3 is 0 Å². The van der Waals surface area contributed by atoms with Crippen molar-refractivity contribution < 1.29 is 9.90 Å². The minimum absolute atomic E-state index is 0.174. The van der Waals surface area contributed by atoms with Gasteiger partial charge in [-0.3, -0.25) is 4.79 Å². The average molecular weight is 272 g/mol. The first-order valence-electron chi connectivity index (χ1n) is 7.06. The molecule has 1 amide bonds. The number of pyridine rings is 1. The molecule has 1 heterocycles. The summed E-state index contributed by atoms with van der Waals surface area (Å²) in [5, 5.41) is 11.8. The Kier molecular flexibility index (Phi) is 5.14. The number of nitrogens with zero attached hydrogens (tertiary/aromatic N) is 1. The Morgan fingerprint density at radius 2 is 2.20 bits per heavy atom. The molecule has 0 aliphatic heterocycles. The van der Waals surface area contributed by atoms with Crippen molar-refractivity contribution in [3.05, 3.63) is 29.6 Å².